The lowest BCUT2D eigenvalue weighted by atomic mass is 10.2. The molecule has 1 saturated heterocycles. The van der Waals surface area contributed by atoms with Gasteiger partial charge in [0.2, 0.25) is 6.41 Å². The van der Waals surface area contributed by atoms with Crippen LogP contribution in [0.1, 0.15) is 30.2 Å². The maximum absolute atomic E-state index is 12.9. The molecule has 4 aromatic rings. The third kappa shape index (κ3) is 8.75. The van der Waals surface area contributed by atoms with E-state index in [4.69, 9.17) is 5.26 Å². The third-order valence-corrected chi connectivity index (χ3v) is 6.32. The first-order chi connectivity index (χ1) is 18.9. The van der Waals surface area contributed by atoms with Gasteiger partial charge in [-0.15, -0.1) is 0 Å². The van der Waals surface area contributed by atoms with Crippen molar-refractivity contribution in [3.8, 4) is 11.8 Å². The minimum atomic E-state index is -0.235. The third-order valence-electron chi connectivity index (χ3n) is 6.32. The van der Waals surface area contributed by atoms with Crippen LogP contribution in [0.15, 0.2) is 91.8 Å². The minimum absolute atomic E-state index is 0.235. The van der Waals surface area contributed by atoms with Gasteiger partial charge in [-0.2, -0.15) is 10.4 Å². The predicted octanol–water partition coefficient (Wildman–Crippen LogP) is 6.58. The summed E-state index contributed by atoms with van der Waals surface area (Å²) in [6.07, 6.45) is 11.3. The molecule has 2 aliphatic rings. The van der Waals surface area contributed by atoms with E-state index >= 15 is 0 Å². The first-order valence-corrected chi connectivity index (χ1v) is 12.8. The SMILES string of the molecule is C=C/C=C\C.Cc1ccc(C#N)cn1.Cc1ccc2cnn(-c3ccc(F)cc3)c2c1.O=CN1CC2CC2C1. The Kier molecular flexibility index (Phi) is 10.7. The molecule has 0 spiro atoms. The van der Waals surface area contributed by atoms with Gasteiger partial charge in [-0.25, -0.2) is 9.07 Å². The Bertz CT molecular complexity index is 1420. The van der Waals surface area contributed by atoms with Crippen LogP contribution in [0.4, 0.5) is 4.39 Å². The summed E-state index contributed by atoms with van der Waals surface area (Å²) in [6.45, 7) is 11.4. The molecule has 0 N–H and O–H groups in total. The number of likely N-dealkylation sites (tertiary alicyclic amines) is 1. The molecular weight excluding hydrogens is 489 g/mol. The van der Waals surface area contributed by atoms with Gasteiger partial charge in [0.25, 0.3) is 0 Å². The minimum Gasteiger partial charge on any atom is -0.345 e. The highest BCUT2D eigenvalue weighted by atomic mass is 19.1. The first-order valence-electron chi connectivity index (χ1n) is 12.8. The molecule has 3 heterocycles. The van der Waals surface area contributed by atoms with Crippen molar-refractivity contribution in [2.24, 2.45) is 11.8 Å². The smallest absolute Gasteiger partial charge is 0.209 e. The number of rotatable bonds is 3. The molecular formula is C32H34FN5O. The van der Waals surface area contributed by atoms with Crippen molar-refractivity contribution in [3.63, 3.8) is 0 Å². The Balaban J connectivity index is 0.000000161. The number of nitrogens with zero attached hydrogens (tertiary/aromatic N) is 5. The molecule has 0 radical (unpaired) electrons. The number of nitriles is 1. The molecule has 2 aromatic heterocycles. The number of aromatic nitrogens is 3. The molecule has 2 fully saturated rings. The fourth-order valence-electron chi connectivity index (χ4n) is 4.11. The number of piperidine rings is 1. The largest absolute Gasteiger partial charge is 0.345 e. The monoisotopic (exact) mass is 523 g/mol. The Morgan fingerprint density at radius 3 is 2.28 bits per heavy atom. The van der Waals surface area contributed by atoms with Gasteiger partial charge in [0.15, 0.2) is 0 Å². The summed E-state index contributed by atoms with van der Waals surface area (Å²) in [6, 6.07) is 18.1. The van der Waals surface area contributed by atoms with E-state index in [9.17, 15) is 9.18 Å². The molecule has 2 unspecified atom stereocenters. The molecule has 7 heteroatoms. The van der Waals surface area contributed by atoms with E-state index in [-0.39, 0.29) is 5.82 Å². The van der Waals surface area contributed by atoms with Gasteiger partial charge in [0.05, 0.1) is 23.0 Å². The molecule has 6 rings (SSSR count). The number of carbonyl (C=O) groups is 1. The molecule has 6 nitrogen and oxygen atoms in total. The normalized spacial score (nSPS) is 16.4. The van der Waals surface area contributed by atoms with E-state index in [0.717, 1.165) is 53.6 Å². The van der Waals surface area contributed by atoms with Crippen molar-refractivity contribution in [1.29, 1.82) is 5.26 Å². The molecule has 2 aromatic carbocycles. The predicted molar refractivity (Wildman–Crippen MR) is 154 cm³/mol. The summed E-state index contributed by atoms with van der Waals surface area (Å²) in [7, 11) is 0. The Labute approximate surface area is 229 Å². The Hall–Kier alpha value is -4.57. The van der Waals surface area contributed by atoms with Gasteiger partial charge in [0, 0.05) is 30.4 Å². The first kappa shape index (κ1) is 29.0. The van der Waals surface area contributed by atoms with Crippen LogP contribution < -0.4 is 0 Å². The lowest BCUT2D eigenvalue weighted by Gasteiger charge is -2.08. The second-order valence-corrected chi connectivity index (χ2v) is 9.47. The maximum atomic E-state index is 12.9. The van der Waals surface area contributed by atoms with E-state index in [1.165, 1.54) is 24.1 Å². The summed E-state index contributed by atoms with van der Waals surface area (Å²) in [5.41, 5.74) is 4.64. The van der Waals surface area contributed by atoms with E-state index in [1.807, 2.05) is 66.9 Å². The lowest BCUT2D eigenvalue weighted by Crippen LogP contribution is -2.19. The van der Waals surface area contributed by atoms with Gasteiger partial charge in [-0.3, -0.25) is 9.78 Å². The average molecular weight is 524 g/mol. The van der Waals surface area contributed by atoms with Crippen molar-refractivity contribution in [3.05, 3.63) is 114 Å². The van der Waals surface area contributed by atoms with Gasteiger partial charge >= 0.3 is 0 Å². The van der Waals surface area contributed by atoms with Crippen LogP contribution in [0, 0.1) is 42.8 Å². The molecule has 1 saturated carbocycles. The fourth-order valence-corrected chi connectivity index (χ4v) is 4.11. The van der Waals surface area contributed by atoms with Crippen molar-refractivity contribution in [2.45, 2.75) is 27.2 Å². The maximum Gasteiger partial charge on any atom is 0.209 e. The number of carbonyl (C=O) groups excluding carboxylic acids is 1. The molecule has 2 atom stereocenters. The van der Waals surface area contributed by atoms with Crippen LogP contribution in [-0.2, 0) is 4.79 Å². The average Bonchev–Trinajstić information content (AvgIpc) is 3.35. The van der Waals surface area contributed by atoms with Gasteiger partial charge < -0.3 is 4.90 Å². The number of allylic oxidation sites excluding steroid dienone is 3. The number of hydrogen-bond acceptors (Lipinski definition) is 4. The summed E-state index contributed by atoms with van der Waals surface area (Å²) in [5, 5.41) is 13.8. The number of halogens is 1. The van der Waals surface area contributed by atoms with Crippen molar-refractivity contribution < 1.29 is 9.18 Å². The molecule has 200 valence electrons. The van der Waals surface area contributed by atoms with Crippen LogP contribution in [0.5, 0.6) is 0 Å². The van der Waals surface area contributed by atoms with Crippen molar-refractivity contribution in [1.82, 2.24) is 19.7 Å². The van der Waals surface area contributed by atoms with Crippen molar-refractivity contribution >= 4 is 17.3 Å². The second-order valence-electron chi connectivity index (χ2n) is 9.47. The highest BCUT2D eigenvalue weighted by molar-refractivity contribution is 5.80. The standard InChI is InChI=1S/C14H11FN2.C7H6N2.C6H9NO.C5H8/c1-10-2-3-11-9-16-17(14(11)8-10)13-6-4-12(15)5-7-13;1-6-2-3-7(4-8)5-9-6;8-4-7-2-5-1-6(5)3-7;1-3-5-4-2/h2-9H,1H3;2-3,5H,1H3;4-6H,1-3H2;3-5H,1H2,2H3/b;;;5-4-. The van der Waals surface area contributed by atoms with Crippen LogP contribution in [0.2, 0.25) is 0 Å². The summed E-state index contributed by atoms with van der Waals surface area (Å²) in [4.78, 5) is 15.9. The summed E-state index contributed by atoms with van der Waals surface area (Å²) in [5.74, 6) is 1.54. The Morgan fingerprint density at radius 1 is 1.05 bits per heavy atom. The zero-order valence-electron chi connectivity index (χ0n) is 22.7. The summed E-state index contributed by atoms with van der Waals surface area (Å²) >= 11 is 0. The number of pyridine rings is 1. The van der Waals surface area contributed by atoms with Crippen LogP contribution >= 0.6 is 0 Å². The molecule has 1 amide bonds. The highest BCUT2D eigenvalue weighted by Crippen LogP contribution is 2.44. The number of amides is 1. The van der Waals surface area contributed by atoms with Gasteiger partial charge in [0.1, 0.15) is 11.9 Å². The fraction of sp³-hybridized carbons (Fsp3) is 0.250. The zero-order chi connectivity index (χ0) is 28.2. The molecule has 1 aliphatic heterocycles. The van der Waals surface area contributed by atoms with E-state index in [0.29, 0.717) is 5.56 Å². The number of aryl methyl sites for hydroxylation is 2. The lowest BCUT2D eigenvalue weighted by molar-refractivity contribution is -0.117. The topological polar surface area (TPSA) is 74.8 Å². The van der Waals surface area contributed by atoms with Crippen LogP contribution in [-0.4, -0.2) is 39.2 Å². The second kappa shape index (κ2) is 14.4. The highest BCUT2D eigenvalue weighted by Gasteiger charge is 2.44. The van der Waals surface area contributed by atoms with Gasteiger partial charge in [-0.1, -0.05) is 36.9 Å². The van der Waals surface area contributed by atoms with Crippen molar-refractivity contribution in [2.75, 3.05) is 13.1 Å². The van der Waals surface area contributed by atoms with E-state index in [2.05, 4.69) is 28.8 Å². The number of benzene rings is 2. The van der Waals surface area contributed by atoms with E-state index < -0.39 is 0 Å². The number of fused-ring (bicyclic) bond motifs is 2. The van der Waals surface area contributed by atoms with E-state index in [1.54, 1.807) is 30.5 Å². The molecule has 0 bridgehead atoms. The Morgan fingerprint density at radius 2 is 1.77 bits per heavy atom. The summed E-state index contributed by atoms with van der Waals surface area (Å²) < 4.78 is 14.7. The van der Waals surface area contributed by atoms with Crippen LogP contribution in [0.3, 0.4) is 0 Å². The zero-order valence-corrected chi connectivity index (χ0v) is 22.7. The number of hydrogen-bond donors (Lipinski definition) is 0. The van der Waals surface area contributed by atoms with Crippen LogP contribution in [0.25, 0.3) is 16.6 Å². The van der Waals surface area contributed by atoms with Gasteiger partial charge in [-0.05, 0) is 87.1 Å². The quantitative estimate of drug-likeness (QED) is 0.225. The molecule has 39 heavy (non-hydrogen) atoms. The molecule has 1 aliphatic carbocycles.